The molecule has 3 rings (SSSR count). The molecule has 0 aliphatic rings. The summed E-state index contributed by atoms with van der Waals surface area (Å²) in [6.07, 6.45) is 5.48. The highest BCUT2D eigenvalue weighted by molar-refractivity contribution is 9.10. The Morgan fingerprint density at radius 3 is 2.65 bits per heavy atom. The van der Waals surface area contributed by atoms with Crippen LogP contribution in [0.5, 0.6) is 0 Å². The zero-order chi connectivity index (χ0) is 18.7. The molecule has 0 spiro atoms. The molecule has 0 saturated heterocycles. The number of carbonyl (C=O) groups is 2. The van der Waals surface area contributed by atoms with Crippen LogP contribution in [0.1, 0.15) is 17.3 Å². The van der Waals surface area contributed by atoms with Crippen LogP contribution in [0.15, 0.2) is 51.9 Å². The van der Waals surface area contributed by atoms with Crippen molar-refractivity contribution >= 4 is 55.0 Å². The lowest BCUT2D eigenvalue weighted by atomic mass is 10.2. The second kappa shape index (κ2) is 7.68. The standard InChI is InChI=1S/C19H14BrN3O2S/c1-3-10-23-16-9-8-15(21-12(2)24)11-17(16)26-19(23)22-18(25)13-4-6-14(20)7-5-13/h1,4-9,11H,10H2,2H3,(H,21,24). The van der Waals surface area contributed by atoms with Gasteiger partial charge in [-0.15, -0.1) is 6.42 Å². The second-order valence-corrected chi connectivity index (χ2v) is 7.39. The first-order chi connectivity index (χ1) is 12.5. The number of benzene rings is 2. The molecule has 1 aromatic heterocycles. The Morgan fingerprint density at radius 1 is 1.27 bits per heavy atom. The molecule has 130 valence electrons. The summed E-state index contributed by atoms with van der Waals surface area (Å²) < 4.78 is 3.59. The van der Waals surface area contributed by atoms with Crippen LogP contribution in [0.25, 0.3) is 10.2 Å². The van der Waals surface area contributed by atoms with Crippen LogP contribution < -0.4 is 10.1 Å². The van der Waals surface area contributed by atoms with Gasteiger partial charge in [0.05, 0.1) is 16.8 Å². The first-order valence-electron chi connectivity index (χ1n) is 7.67. The minimum absolute atomic E-state index is 0.146. The summed E-state index contributed by atoms with van der Waals surface area (Å²) in [5, 5.41) is 2.75. The van der Waals surface area contributed by atoms with Gasteiger partial charge in [-0.2, -0.15) is 4.99 Å². The molecule has 1 heterocycles. The third-order valence-corrected chi connectivity index (χ3v) is 5.11. The first kappa shape index (κ1) is 18.1. The van der Waals surface area contributed by atoms with Gasteiger partial charge < -0.3 is 9.88 Å². The quantitative estimate of drug-likeness (QED) is 0.646. The predicted octanol–water partition coefficient (Wildman–Crippen LogP) is 3.80. The molecule has 0 atom stereocenters. The van der Waals surface area contributed by atoms with E-state index >= 15 is 0 Å². The van der Waals surface area contributed by atoms with Gasteiger partial charge in [0.1, 0.15) is 0 Å². The third-order valence-electron chi connectivity index (χ3n) is 3.54. The van der Waals surface area contributed by atoms with E-state index < -0.39 is 0 Å². The molecule has 2 aromatic carbocycles. The van der Waals surface area contributed by atoms with Gasteiger partial charge in [0.25, 0.3) is 5.91 Å². The number of anilines is 1. The molecule has 0 saturated carbocycles. The highest BCUT2D eigenvalue weighted by Crippen LogP contribution is 2.22. The van der Waals surface area contributed by atoms with E-state index in [-0.39, 0.29) is 11.8 Å². The molecule has 5 nitrogen and oxygen atoms in total. The number of aromatic nitrogens is 1. The lowest BCUT2D eigenvalue weighted by Crippen LogP contribution is -2.16. The number of terminal acetylenes is 1. The molecule has 0 aliphatic carbocycles. The predicted molar refractivity (Wildman–Crippen MR) is 107 cm³/mol. The molecule has 0 aliphatic heterocycles. The van der Waals surface area contributed by atoms with Gasteiger partial charge in [0.15, 0.2) is 4.80 Å². The molecule has 0 fully saturated rings. The largest absolute Gasteiger partial charge is 0.326 e. The van der Waals surface area contributed by atoms with Crippen molar-refractivity contribution in [3.8, 4) is 12.3 Å². The van der Waals surface area contributed by atoms with Crippen LogP contribution >= 0.6 is 27.3 Å². The SMILES string of the molecule is C#CCn1c(=NC(=O)c2ccc(Br)cc2)sc2cc(NC(C)=O)ccc21. The first-order valence-corrected chi connectivity index (χ1v) is 9.28. The van der Waals surface area contributed by atoms with E-state index in [1.807, 2.05) is 16.7 Å². The zero-order valence-electron chi connectivity index (χ0n) is 13.8. The Hall–Kier alpha value is -2.69. The lowest BCUT2D eigenvalue weighted by Gasteiger charge is -2.03. The van der Waals surface area contributed by atoms with Gasteiger partial charge in [-0.3, -0.25) is 9.59 Å². The summed E-state index contributed by atoms with van der Waals surface area (Å²) in [5.41, 5.74) is 2.05. The van der Waals surface area contributed by atoms with Crippen molar-refractivity contribution in [3.63, 3.8) is 0 Å². The number of halogens is 1. The Bertz CT molecular complexity index is 1100. The van der Waals surface area contributed by atoms with E-state index in [1.54, 1.807) is 30.3 Å². The van der Waals surface area contributed by atoms with Gasteiger partial charge in [-0.05, 0) is 42.5 Å². The highest BCUT2D eigenvalue weighted by atomic mass is 79.9. The maximum atomic E-state index is 12.5. The number of fused-ring (bicyclic) bond motifs is 1. The minimum Gasteiger partial charge on any atom is -0.326 e. The fraction of sp³-hybridized carbons (Fsp3) is 0.105. The average Bonchev–Trinajstić information content (AvgIpc) is 2.92. The number of thiazole rings is 1. The smallest absolute Gasteiger partial charge is 0.279 e. The lowest BCUT2D eigenvalue weighted by molar-refractivity contribution is -0.114. The number of rotatable bonds is 3. The molecule has 1 N–H and O–H groups in total. The molecule has 26 heavy (non-hydrogen) atoms. The Kier molecular flexibility index (Phi) is 5.35. The molecule has 2 amide bonds. The monoisotopic (exact) mass is 427 g/mol. The van der Waals surface area contributed by atoms with Crippen molar-refractivity contribution in [1.29, 1.82) is 0 Å². The van der Waals surface area contributed by atoms with Gasteiger partial charge in [-0.1, -0.05) is 33.2 Å². The van der Waals surface area contributed by atoms with E-state index in [0.29, 0.717) is 22.6 Å². The van der Waals surface area contributed by atoms with Crippen molar-refractivity contribution in [2.45, 2.75) is 13.5 Å². The molecular weight excluding hydrogens is 414 g/mol. The van der Waals surface area contributed by atoms with Crippen molar-refractivity contribution in [2.75, 3.05) is 5.32 Å². The number of hydrogen-bond donors (Lipinski definition) is 1. The van der Waals surface area contributed by atoms with E-state index in [4.69, 9.17) is 6.42 Å². The summed E-state index contributed by atoms with van der Waals surface area (Å²) in [5.74, 6) is 2.11. The van der Waals surface area contributed by atoms with Crippen molar-refractivity contribution in [3.05, 3.63) is 57.3 Å². The van der Waals surface area contributed by atoms with Crippen molar-refractivity contribution in [2.24, 2.45) is 4.99 Å². The van der Waals surface area contributed by atoms with E-state index in [1.165, 1.54) is 18.3 Å². The highest BCUT2D eigenvalue weighted by Gasteiger charge is 2.10. The number of carbonyl (C=O) groups excluding carboxylic acids is 2. The second-order valence-electron chi connectivity index (χ2n) is 5.46. The molecular formula is C19H14BrN3O2S. The number of nitrogens with one attached hydrogen (secondary N) is 1. The average molecular weight is 428 g/mol. The summed E-state index contributed by atoms with van der Waals surface area (Å²) in [4.78, 5) is 28.5. The number of hydrogen-bond acceptors (Lipinski definition) is 3. The van der Waals surface area contributed by atoms with Crippen LogP contribution in [-0.4, -0.2) is 16.4 Å². The molecule has 0 unspecified atom stereocenters. The molecule has 7 heteroatoms. The number of nitrogens with zero attached hydrogens (tertiary/aromatic N) is 2. The Balaban J connectivity index is 2.10. The summed E-state index contributed by atoms with van der Waals surface area (Å²) in [7, 11) is 0. The van der Waals surface area contributed by atoms with Crippen LogP contribution in [0.2, 0.25) is 0 Å². The Labute approximate surface area is 162 Å². The third kappa shape index (κ3) is 3.93. The molecule has 0 bridgehead atoms. The topological polar surface area (TPSA) is 63.5 Å². The van der Waals surface area contributed by atoms with Crippen LogP contribution in [0.3, 0.4) is 0 Å². The van der Waals surface area contributed by atoms with Crippen molar-refractivity contribution in [1.82, 2.24) is 4.57 Å². The van der Waals surface area contributed by atoms with Gasteiger partial charge in [0, 0.05) is 22.6 Å². The van der Waals surface area contributed by atoms with E-state index in [2.05, 4.69) is 32.2 Å². The molecule has 3 aromatic rings. The summed E-state index contributed by atoms with van der Waals surface area (Å²) in [6.45, 7) is 1.75. The van der Waals surface area contributed by atoms with Crippen LogP contribution in [0.4, 0.5) is 5.69 Å². The van der Waals surface area contributed by atoms with E-state index in [9.17, 15) is 9.59 Å². The Morgan fingerprint density at radius 2 is 2.00 bits per heavy atom. The van der Waals surface area contributed by atoms with Crippen LogP contribution in [-0.2, 0) is 11.3 Å². The zero-order valence-corrected chi connectivity index (χ0v) is 16.2. The normalized spacial score (nSPS) is 11.3. The summed E-state index contributed by atoms with van der Waals surface area (Å²) in [6, 6.07) is 12.5. The van der Waals surface area contributed by atoms with Gasteiger partial charge in [0.2, 0.25) is 5.91 Å². The fourth-order valence-corrected chi connectivity index (χ4v) is 3.76. The van der Waals surface area contributed by atoms with Crippen LogP contribution in [0, 0.1) is 12.3 Å². The minimum atomic E-state index is -0.336. The number of amides is 2. The van der Waals surface area contributed by atoms with E-state index in [0.717, 1.165) is 14.7 Å². The fourth-order valence-electron chi connectivity index (χ4n) is 2.43. The van der Waals surface area contributed by atoms with Gasteiger partial charge in [-0.25, -0.2) is 0 Å². The van der Waals surface area contributed by atoms with Gasteiger partial charge >= 0.3 is 0 Å². The van der Waals surface area contributed by atoms with Crippen molar-refractivity contribution < 1.29 is 9.59 Å². The summed E-state index contributed by atoms with van der Waals surface area (Å²) >= 11 is 4.70. The molecule has 0 radical (unpaired) electrons. The maximum Gasteiger partial charge on any atom is 0.279 e. The maximum absolute atomic E-state index is 12.5.